The van der Waals surface area contributed by atoms with E-state index in [2.05, 4.69) is 15.0 Å². The van der Waals surface area contributed by atoms with E-state index >= 15 is 0 Å². The van der Waals surface area contributed by atoms with Gasteiger partial charge < -0.3 is 10.1 Å². The first-order valence-corrected chi connectivity index (χ1v) is 6.09. The van der Waals surface area contributed by atoms with Crippen molar-refractivity contribution in [2.45, 2.75) is 0 Å². The Morgan fingerprint density at radius 1 is 1.14 bits per heavy atom. The van der Waals surface area contributed by atoms with Gasteiger partial charge in [0.15, 0.2) is 0 Å². The van der Waals surface area contributed by atoms with Gasteiger partial charge in [-0.25, -0.2) is 4.79 Å². The number of amides is 1. The van der Waals surface area contributed by atoms with Crippen molar-refractivity contribution in [3.63, 3.8) is 0 Å². The highest BCUT2D eigenvalue weighted by Gasteiger charge is 2.12. The second-order valence-electron chi connectivity index (χ2n) is 3.88. The van der Waals surface area contributed by atoms with Crippen LogP contribution in [0.1, 0.15) is 20.7 Å². The van der Waals surface area contributed by atoms with E-state index in [1.807, 2.05) is 0 Å². The Bertz CT molecular complexity index is 648. The van der Waals surface area contributed by atoms with Crippen LogP contribution in [0.4, 0.5) is 5.69 Å². The summed E-state index contributed by atoms with van der Waals surface area (Å²) in [7, 11) is 1.28. The van der Waals surface area contributed by atoms with Crippen molar-refractivity contribution in [3.05, 3.63) is 58.9 Å². The zero-order valence-corrected chi connectivity index (χ0v) is 12.6. The third-order valence-corrected chi connectivity index (χ3v) is 2.91. The Balaban J connectivity index is 0.00000220. The minimum atomic E-state index is -0.499. The molecule has 0 unspecified atom stereocenters. The molecular weight excluding hydrogens is 315 g/mol. The van der Waals surface area contributed by atoms with E-state index in [4.69, 9.17) is 11.6 Å². The number of halogens is 2. The largest absolute Gasteiger partial charge is 0.465 e. The number of pyridine rings is 1. The van der Waals surface area contributed by atoms with Gasteiger partial charge in [-0.2, -0.15) is 0 Å². The molecule has 1 aromatic heterocycles. The first kappa shape index (κ1) is 16.9. The maximum absolute atomic E-state index is 12.0. The minimum absolute atomic E-state index is 0. The van der Waals surface area contributed by atoms with E-state index < -0.39 is 5.97 Å². The third kappa shape index (κ3) is 4.18. The third-order valence-electron chi connectivity index (χ3n) is 2.58. The summed E-state index contributed by atoms with van der Waals surface area (Å²) < 4.78 is 4.62. The van der Waals surface area contributed by atoms with Gasteiger partial charge in [0.25, 0.3) is 5.91 Å². The van der Waals surface area contributed by atoms with Crippen molar-refractivity contribution < 1.29 is 14.3 Å². The highest BCUT2D eigenvalue weighted by atomic mass is 35.5. The van der Waals surface area contributed by atoms with Gasteiger partial charge in [0, 0.05) is 18.0 Å². The number of aromatic nitrogens is 1. The number of esters is 1. The normalized spacial score (nSPS) is 9.43. The summed E-state index contributed by atoms with van der Waals surface area (Å²) in [4.78, 5) is 27.3. The number of ether oxygens (including phenoxy) is 1. The Morgan fingerprint density at radius 3 is 2.43 bits per heavy atom. The molecule has 5 nitrogen and oxygen atoms in total. The predicted octanol–water partition coefficient (Wildman–Crippen LogP) is 3.20. The van der Waals surface area contributed by atoms with Crippen molar-refractivity contribution in [2.24, 2.45) is 0 Å². The minimum Gasteiger partial charge on any atom is -0.465 e. The van der Waals surface area contributed by atoms with Crippen LogP contribution in [0.2, 0.25) is 5.02 Å². The Labute approximate surface area is 132 Å². The van der Waals surface area contributed by atoms with Gasteiger partial charge in [0.2, 0.25) is 0 Å². The molecule has 0 saturated carbocycles. The van der Waals surface area contributed by atoms with Crippen molar-refractivity contribution in [3.8, 4) is 0 Å². The molecule has 1 heterocycles. The van der Waals surface area contributed by atoms with Gasteiger partial charge in [-0.1, -0.05) is 11.6 Å². The van der Waals surface area contributed by atoms with Crippen molar-refractivity contribution in [1.82, 2.24) is 4.98 Å². The summed E-state index contributed by atoms with van der Waals surface area (Å²) in [5.74, 6) is -0.836. The molecule has 1 N–H and O–H groups in total. The van der Waals surface area contributed by atoms with E-state index in [1.54, 1.807) is 12.1 Å². The lowest BCUT2D eigenvalue weighted by atomic mass is 10.2. The maximum atomic E-state index is 12.0. The summed E-state index contributed by atoms with van der Waals surface area (Å²) in [6.45, 7) is 0. The number of nitrogens with one attached hydrogen (secondary N) is 1. The molecule has 110 valence electrons. The van der Waals surface area contributed by atoms with Crippen LogP contribution in [0.5, 0.6) is 0 Å². The maximum Gasteiger partial charge on any atom is 0.337 e. The van der Waals surface area contributed by atoms with Crippen LogP contribution in [0, 0.1) is 0 Å². The molecule has 0 aliphatic heterocycles. The Hall–Kier alpha value is -2.11. The molecule has 1 amide bonds. The molecule has 0 aliphatic rings. The number of nitrogens with zero attached hydrogens (tertiary/aromatic N) is 1. The van der Waals surface area contributed by atoms with Gasteiger partial charge in [0.05, 0.1) is 23.4 Å². The van der Waals surface area contributed by atoms with Crippen LogP contribution < -0.4 is 5.32 Å². The average molecular weight is 327 g/mol. The monoisotopic (exact) mass is 326 g/mol. The lowest BCUT2D eigenvalue weighted by molar-refractivity contribution is 0.0600. The topological polar surface area (TPSA) is 68.3 Å². The molecule has 2 rings (SSSR count). The molecule has 21 heavy (non-hydrogen) atoms. The highest BCUT2D eigenvalue weighted by Crippen LogP contribution is 2.24. The number of hydrogen-bond acceptors (Lipinski definition) is 4. The number of benzene rings is 1. The second-order valence-corrected chi connectivity index (χ2v) is 4.28. The van der Waals surface area contributed by atoms with Gasteiger partial charge >= 0.3 is 5.97 Å². The molecular formula is C14H12Cl2N2O3. The molecule has 0 fully saturated rings. The van der Waals surface area contributed by atoms with Crippen molar-refractivity contribution >= 4 is 41.6 Å². The van der Waals surface area contributed by atoms with Crippen LogP contribution >= 0.6 is 24.0 Å². The summed E-state index contributed by atoms with van der Waals surface area (Å²) in [6.07, 6.45) is 3.03. The molecule has 0 aliphatic carbocycles. The summed E-state index contributed by atoms with van der Waals surface area (Å²) in [6, 6.07) is 7.67. The summed E-state index contributed by atoms with van der Waals surface area (Å²) in [5.41, 5.74) is 1.10. The van der Waals surface area contributed by atoms with Crippen molar-refractivity contribution in [2.75, 3.05) is 12.4 Å². The fraction of sp³-hybridized carbons (Fsp3) is 0.0714. The molecule has 7 heteroatoms. The number of methoxy groups -OCH3 is 1. The van der Waals surface area contributed by atoms with E-state index in [0.29, 0.717) is 21.8 Å². The standard InChI is InChI=1S/C14H11ClN2O3.ClH/c1-20-14(19)10-2-3-11(15)12(8-10)17-13(18)9-4-6-16-7-5-9;/h2-8H,1H3,(H,17,18);1H. The van der Waals surface area contributed by atoms with Crippen LogP contribution in [-0.4, -0.2) is 24.0 Å². The molecule has 0 radical (unpaired) electrons. The highest BCUT2D eigenvalue weighted by molar-refractivity contribution is 6.34. The first-order chi connectivity index (χ1) is 9.61. The zero-order chi connectivity index (χ0) is 14.5. The van der Waals surface area contributed by atoms with Gasteiger partial charge in [-0.15, -0.1) is 12.4 Å². The molecule has 2 aromatic rings. The number of rotatable bonds is 3. The van der Waals surface area contributed by atoms with Crippen LogP contribution in [0.3, 0.4) is 0 Å². The van der Waals surface area contributed by atoms with E-state index in [9.17, 15) is 9.59 Å². The zero-order valence-electron chi connectivity index (χ0n) is 11.0. The quantitative estimate of drug-likeness (QED) is 0.879. The van der Waals surface area contributed by atoms with Gasteiger partial charge in [-0.05, 0) is 30.3 Å². The average Bonchev–Trinajstić information content (AvgIpc) is 2.49. The smallest absolute Gasteiger partial charge is 0.337 e. The number of carbonyl (C=O) groups is 2. The molecule has 0 saturated heterocycles. The first-order valence-electron chi connectivity index (χ1n) is 5.71. The molecule has 0 spiro atoms. The molecule has 0 bridgehead atoms. The van der Waals surface area contributed by atoms with E-state index in [1.165, 1.54) is 37.7 Å². The Morgan fingerprint density at radius 2 is 1.81 bits per heavy atom. The lowest BCUT2D eigenvalue weighted by Crippen LogP contribution is -2.13. The second kappa shape index (κ2) is 7.61. The van der Waals surface area contributed by atoms with E-state index in [-0.39, 0.29) is 18.3 Å². The SMILES string of the molecule is COC(=O)c1ccc(Cl)c(NC(=O)c2ccncc2)c1.Cl. The molecule has 0 atom stereocenters. The summed E-state index contributed by atoms with van der Waals surface area (Å²) >= 11 is 6.00. The van der Waals surface area contributed by atoms with Gasteiger partial charge in [-0.3, -0.25) is 9.78 Å². The fourth-order valence-electron chi connectivity index (χ4n) is 1.56. The van der Waals surface area contributed by atoms with Crippen LogP contribution in [0.15, 0.2) is 42.7 Å². The number of anilines is 1. The predicted molar refractivity (Wildman–Crippen MR) is 82.2 cm³/mol. The fourth-order valence-corrected chi connectivity index (χ4v) is 1.73. The van der Waals surface area contributed by atoms with Gasteiger partial charge in [0.1, 0.15) is 0 Å². The van der Waals surface area contributed by atoms with E-state index in [0.717, 1.165) is 0 Å². The lowest BCUT2D eigenvalue weighted by Gasteiger charge is -2.08. The molecule has 1 aromatic carbocycles. The van der Waals surface area contributed by atoms with Crippen molar-refractivity contribution in [1.29, 1.82) is 0 Å². The Kier molecular flexibility index (Phi) is 6.14. The van der Waals surface area contributed by atoms with Crippen LogP contribution in [0.25, 0.3) is 0 Å². The summed E-state index contributed by atoms with van der Waals surface area (Å²) in [5, 5.41) is 2.97. The van der Waals surface area contributed by atoms with Crippen LogP contribution in [-0.2, 0) is 4.74 Å². The number of hydrogen-bond donors (Lipinski definition) is 1. The number of carbonyl (C=O) groups excluding carboxylic acids is 2.